The van der Waals surface area contributed by atoms with E-state index in [0.717, 1.165) is 31.6 Å². The first-order valence-electron chi connectivity index (χ1n) is 6.12. The van der Waals surface area contributed by atoms with Gasteiger partial charge in [0.2, 0.25) is 0 Å². The lowest BCUT2D eigenvalue weighted by Gasteiger charge is -2.05. The summed E-state index contributed by atoms with van der Waals surface area (Å²) < 4.78 is 12.2. The standard InChI is InChI=1S/C12H23N3O2/c1-3-12(13)11-9-14-15(10-11)5-4-6-17-8-7-16-2/h9-10,12H,3-8,13H2,1-2H3. The van der Waals surface area contributed by atoms with E-state index in [1.165, 1.54) is 0 Å². The van der Waals surface area contributed by atoms with Gasteiger partial charge in [-0.1, -0.05) is 6.92 Å². The molecule has 1 atom stereocenters. The summed E-state index contributed by atoms with van der Waals surface area (Å²) in [4.78, 5) is 0. The number of methoxy groups -OCH3 is 1. The smallest absolute Gasteiger partial charge is 0.0700 e. The van der Waals surface area contributed by atoms with Crippen LogP contribution in [0.3, 0.4) is 0 Å². The zero-order valence-electron chi connectivity index (χ0n) is 10.8. The predicted octanol–water partition coefficient (Wildman–Crippen LogP) is 1.35. The van der Waals surface area contributed by atoms with Crippen molar-refractivity contribution >= 4 is 0 Å². The van der Waals surface area contributed by atoms with E-state index in [2.05, 4.69) is 12.0 Å². The van der Waals surface area contributed by atoms with Crippen LogP contribution in [0.1, 0.15) is 31.4 Å². The Morgan fingerprint density at radius 3 is 2.94 bits per heavy atom. The molecule has 5 heteroatoms. The van der Waals surface area contributed by atoms with Crippen LogP contribution < -0.4 is 5.73 Å². The monoisotopic (exact) mass is 241 g/mol. The molecule has 5 nitrogen and oxygen atoms in total. The van der Waals surface area contributed by atoms with Crippen molar-refractivity contribution in [2.24, 2.45) is 5.73 Å². The van der Waals surface area contributed by atoms with Crippen molar-refractivity contribution in [2.45, 2.75) is 32.4 Å². The Kier molecular flexibility index (Phi) is 6.84. The molecule has 0 bridgehead atoms. The van der Waals surface area contributed by atoms with Crippen molar-refractivity contribution < 1.29 is 9.47 Å². The average Bonchev–Trinajstić information content (AvgIpc) is 2.81. The molecule has 0 saturated heterocycles. The summed E-state index contributed by atoms with van der Waals surface area (Å²) in [7, 11) is 1.67. The molecule has 0 aliphatic carbocycles. The Bertz CT molecular complexity index is 302. The molecular formula is C12H23N3O2. The van der Waals surface area contributed by atoms with Crippen molar-refractivity contribution in [1.82, 2.24) is 9.78 Å². The van der Waals surface area contributed by atoms with Crippen LogP contribution in [-0.2, 0) is 16.0 Å². The van der Waals surface area contributed by atoms with Crippen LogP contribution in [0.5, 0.6) is 0 Å². The Morgan fingerprint density at radius 2 is 2.24 bits per heavy atom. The fraction of sp³-hybridized carbons (Fsp3) is 0.750. The van der Waals surface area contributed by atoms with E-state index in [4.69, 9.17) is 15.2 Å². The molecule has 0 aliphatic rings. The normalized spacial score (nSPS) is 12.9. The number of hydrogen-bond donors (Lipinski definition) is 1. The molecule has 1 aromatic heterocycles. The summed E-state index contributed by atoms with van der Waals surface area (Å²) in [5, 5.41) is 4.28. The Hall–Kier alpha value is -0.910. The van der Waals surface area contributed by atoms with Gasteiger partial charge in [0.1, 0.15) is 0 Å². The number of ether oxygens (including phenoxy) is 2. The van der Waals surface area contributed by atoms with E-state index in [-0.39, 0.29) is 6.04 Å². The van der Waals surface area contributed by atoms with Gasteiger partial charge >= 0.3 is 0 Å². The van der Waals surface area contributed by atoms with Crippen molar-refractivity contribution in [3.05, 3.63) is 18.0 Å². The van der Waals surface area contributed by atoms with Crippen LogP contribution in [-0.4, -0.2) is 36.7 Å². The van der Waals surface area contributed by atoms with Crippen molar-refractivity contribution in [1.29, 1.82) is 0 Å². The number of aryl methyl sites for hydroxylation is 1. The topological polar surface area (TPSA) is 62.3 Å². The quantitative estimate of drug-likeness (QED) is 0.663. The zero-order chi connectivity index (χ0) is 12.5. The van der Waals surface area contributed by atoms with E-state index >= 15 is 0 Å². The van der Waals surface area contributed by atoms with Crippen molar-refractivity contribution in [3.8, 4) is 0 Å². The van der Waals surface area contributed by atoms with Crippen LogP contribution in [0.15, 0.2) is 12.4 Å². The van der Waals surface area contributed by atoms with Crippen LogP contribution in [0, 0.1) is 0 Å². The third-order valence-electron chi connectivity index (χ3n) is 2.63. The van der Waals surface area contributed by atoms with Gasteiger partial charge in [0, 0.05) is 38.1 Å². The summed E-state index contributed by atoms with van der Waals surface area (Å²) in [6, 6.07) is 0.0988. The summed E-state index contributed by atoms with van der Waals surface area (Å²) in [6.07, 6.45) is 5.75. The summed E-state index contributed by atoms with van der Waals surface area (Å²) in [5.74, 6) is 0. The summed E-state index contributed by atoms with van der Waals surface area (Å²) >= 11 is 0. The largest absolute Gasteiger partial charge is 0.382 e. The first-order valence-corrected chi connectivity index (χ1v) is 6.12. The highest BCUT2D eigenvalue weighted by molar-refractivity contribution is 5.08. The summed E-state index contributed by atoms with van der Waals surface area (Å²) in [6.45, 7) is 4.98. The third kappa shape index (κ3) is 5.30. The molecule has 98 valence electrons. The molecule has 17 heavy (non-hydrogen) atoms. The van der Waals surface area contributed by atoms with Gasteiger partial charge in [-0.25, -0.2) is 0 Å². The lowest BCUT2D eigenvalue weighted by atomic mass is 10.1. The van der Waals surface area contributed by atoms with Crippen LogP contribution in [0.4, 0.5) is 0 Å². The van der Waals surface area contributed by atoms with E-state index < -0.39 is 0 Å². The molecule has 0 spiro atoms. The third-order valence-corrected chi connectivity index (χ3v) is 2.63. The van der Waals surface area contributed by atoms with Gasteiger partial charge in [-0.05, 0) is 12.8 Å². The second-order valence-corrected chi connectivity index (χ2v) is 4.01. The van der Waals surface area contributed by atoms with E-state index in [1.54, 1.807) is 7.11 Å². The second kappa shape index (κ2) is 8.22. The van der Waals surface area contributed by atoms with Crippen LogP contribution in [0.2, 0.25) is 0 Å². The fourth-order valence-electron chi connectivity index (χ4n) is 1.50. The lowest BCUT2D eigenvalue weighted by molar-refractivity contribution is 0.0677. The highest BCUT2D eigenvalue weighted by Gasteiger charge is 2.05. The number of hydrogen-bond acceptors (Lipinski definition) is 4. The van der Waals surface area contributed by atoms with Crippen LogP contribution >= 0.6 is 0 Å². The second-order valence-electron chi connectivity index (χ2n) is 4.01. The number of nitrogens with two attached hydrogens (primary N) is 1. The van der Waals surface area contributed by atoms with Crippen molar-refractivity contribution in [3.63, 3.8) is 0 Å². The molecule has 1 aromatic rings. The molecule has 0 fully saturated rings. The highest BCUT2D eigenvalue weighted by atomic mass is 16.5. The van der Waals surface area contributed by atoms with E-state index in [9.17, 15) is 0 Å². The Labute approximate surface area is 103 Å². The highest BCUT2D eigenvalue weighted by Crippen LogP contribution is 2.11. The van der Waals surface area contributed by atoms with Gasteiger partial charge in [-0.15, -0.1) is 0 Å². The fourth-order valence-corrected chi connectivity index (χ4v) is 1.50. The molecule has 1 unspecified atom stereocenters. The zero-order valence-corrected chi connectivity index (χ0v) is 10.8. The van der Waals surface area contributed by atoms with Crippen molar-refractivity contribution in [2.75, 3.05) is 26.9 Å². The van der Waals surface area contributed by atoms with Gasteiger partial charge in [0.05, 0.1) is 19.4 Å². The SMILES string of the molecule is CCC(N)c1cnn(CCCOCCOC)c1. The average molecular weight is 241 g/mol. The van der Waals surface area contributed by atoms with Gasteiger partial charge < -0.3 is 15.2 Å². The Morgan fingerprint density at radius 1 is 1.41 bits per heavy atom. The first kappa shape index (κ1) is 14.2. The number of nitrogens with zero attached hydrogens (tertiary/aromatic N) is 2. The molecule has 0 saturated carbocycles. The van der Waals surface area contributed by atoms with E-state index in [0.29, 0.717) is 13.2 Å². The molecule has 1 heterocycles. The molecule has 0 aliphatic heterocycles. The van der Waals surface area contributed by atoms with E-state index in [1.807, 2.05) is 17.1 Å². The minimum absolute atomic E-state index is 0.0988. The van der Waals surface area contributed by atoms with Gasteiger partial charge in [0.15, 0.2) is 0 Å². The molecule has 1 rings (SSSR count). The maximum absolute atomic E-state index is 5.93. The maximum atomic E-state index is 5.93. The van der Waals surface area contributed by atoms with Gasteiger partial charge in [-0.3, -0.25) is 4.68 Å². The molecule has 0 aromatic carbocycles. The molecular weight excluding hydrogens is 218 g/mol. The van der Waals surface area contributed by atoms with Gasteiger partial charge in [-0.2, -0.15) is 5.10 Å². The molecule has 2 N–H and O–H groups in total. The van der Waals surface area contributed by atoms with Crippen LogP contribution in [0.25, 0.3) is 0 Å². The predicted molar refractivity (Wildman–Crippen MR) is 66.8 cm³/mol. The lowest BCUT2D eigenvalue weighted by Crippen LogP contribution is -2.08. The minimum Gasteiger partial charge on any atom is -0.382 e. The minimum atomic E-state index is 0.0988. The molecule has 0 radical (unpaired) electrons. The van der Waals surface area contributed by atoms with Gasteiger partial charge in [0.25, 0.3) is 0 Å². The molecule has 0 amide bonds. The maximum Gasteiger partial charge on any atom is 0.0700 e. The first-order chi connectivity index (χ1) is 8.27. The number of rotatable bonds is 9. The number of aromatic nitrogens is 2. The Balaban J connectivity index is 2.16. The summed E-state index contributed by atoms with van der Waals surface area (Å²) in [5.41, 5.74) is 7.03.